The van der Waals surface area contributed by atoms with E-state index in [1.807, 2.05) is 6.92 Å². The zero-order valence-corrected chi connectivity index (χ0v) is 12.8. The summed E-state index contributed by atoms with van der Waals surface area (Å²) in [7, 11) is -3.34. The van der Waals surface area contributed by atoms with E-state index in [-0.39, 0.29) is 0 Å². The van der Waals surface area contributed by atoms with Crippen molar-refractivity contribution in [1.29, 1.82) is 0 Å². The van der Waals surface area contributed by atoms with Crippen LogP contribution in [0.5, 0.6) is 0 Å². The molecule has 0 amide bonds. The van der Waals surface area contributed by atoms with Gasteiger partial charge >= 0.3 is 0 Å². The third kappa shape index (κ3) is 4.14. The molecule has 0 fully saturated rings. The number of hydrogen-bond acceptors (Lipinski definition) is 3. The lowest BCUT2D eigenvalue weighted by atomic mass is 10.3. The van der Waals surface area contributed by atoms with E-state index in [4.69, 9.17) is 0 Å². The number of thiophene rings is 1. The minimum atomic E-state index is -3.34. The molecule has 1 unspecified atom stereocenters. The molecule has 3 nitrogen and oxygen atoms in total. The van der Waals surface area contributed by atoms with Crippen molar-refractivity contribution in [3.63, 3.8) is 0 Å². The van der Waals surface area contributed by atoms with Gasteiger partial charge in [-0.15, -0.1) is 11.3 Å². The standard InChI is InChI=1S/C8H11Br2NO2S2/c1-6(9)2-4-11-15(12,13)8-7(10)3-5-14-8/h3,5-6,11H,2,4H2,1H3. The molecular formula is C8H11Br2NO2S2. The highest BCUT2D eigenvalue weighted by Crippen LogP contribution is 2.27. The first-order valence-electron chi connectivity index (χ1n) is 4.30. The number of sulfonamides is 1. The summed E-state index contributed by atoms with van der Waals surface area (Å²) in [6, 6.07) is 1.73. The normalized spacial score (nSPS) is 14.1. The number of nitrogens with one attached hydrogen (secondary N) is 1. The Balaban J connectivity index is 2.65. The van der Waals surface area contributed by atoms with Gasteiger partial charge in [0.1, 0.15) is 4.21 Å². The largest absolute Gasteiger partial charge is 0.251 e. The Kier molecular flexibility index (Phi) is 5.24. The van der Waals surface area contributed by atoms with Crippen LogP contribution >= 0.6 is 43.2 Å². The SMILES string of the molecule is CC(Br)CCNS(=O)(=O)c1sccc1Br. The molecule has 7 heteroatoms. The molecule has 0 aliphatic heterocycles. The molecule has 0 aromatic carbocycles. The summed E-state index contributed by atoms with van der Waals surface area (Å²) in [4.78, 5) is 0.312. The summed E-state index contributed by atoms with van der Waals surface area (Å²) in [5.41, 5.74) is 0. The Bertz CT molecular complexity index is 414. The smallest absolute Gasteiger partial charge is 0.210 e. The predicted molar refractivity (Wildman–Crippen MR) is 70.2 cm³/mol. The van der Waals surface area contributed by atoms with Crippen LogP contribution in [0.4, 0.5) is 0 Å². The third-order valence-corrected chi connectivity index (χ3v) is 6.25. The van der Waals surface area contributed by atoms with Crippen LogP contribution in [-0.2, 0) is 10.0 Å². The van der Waals surface area contributed by atoms with Gasteiger partial charge < -0.3 is 0 Å². The van der Waals surface area contributed by atoms with Crippen LogP contribution < -0.4 is 4.72 Å². The van der Waals surface area contributed by atoms with Crippen molar-refractivity contribution in [3.8, 4) is 0 Å². The van der Waals surface area contributed by atoms with E-state index >= 15 is 0 Å². The highest BCUT2D eigenvalue weighted by Gasteiger charge is 2.18. The summed E-state index contributed by atoms with van der Waals surface area (Å²) in [5, 5.41) is 1.74. The van der Waals surface area contributed by atoms with Crippen LogP contribution in [0.2, 0.25) is 0 Å². The zero-order chi connectivity index (χ0) is 11.5. The average molecular weight is 377 g/mol. The van der Waals surface area contributed by atoms with Gasteiger partial charge in [0.2, 0.25) is 0 Å². The van der Waals surface area contributed by atoms with Crippen LogP contribution in [0.1, 0.15) is 13.3 Å². The highest BCUT2D eigenvalue weighted by atomic mass is 79.9. The molecule has 1 rings (SSSR count). The number of alkyl halides is 1. The molecule has 86 valence electrons. The molecule has 1 aromatic heterocycles. The van der Waals surface area contributed by atoms with Crippen LogP contribution in [0.15, 0.2) is 20.1 Å². The van der Waals surface area contributed by atoms with Crippen molar-refractivity contribution in [2.75, 3.05) is 6.54 Å². The molecule has 1 aromatic rings. The molecule has 15 heavy (non-hydrogen) atoms. The molecule has 0 saturated carbocycles. The summed E-state index contributed by atoms with van der Waals surface area (Å²) < 4.78 is 27.0. The molecule has 0 aliphatic rings. The number of halogens is 2. The van der Waals surface area contributed by atoms with E-state index < -0.39 is 10.0 Å². The maximum absolute atomic E-state index is 11.7. The Hall–Kier alpha value is 0.570. The van der Waals surface area contributed by atoms with Crippen molar-refractivity contribution < 1.29 is 8.42 Å². The highest BCUT2D eigenvalue weighted by molar-refractivity contribution is 9.10. The van der Waals surface area contributed by atoms with Crippen LogP contribution in [-0.4, -0.2) is 19.8 Å². The van der Waals surface area contributed by atoms with Gasteiger partial charge in [0, 0.05) is 15.8 Å². The van der Waals surface area contributed by atoms with Gasteiger partial charge in [0.05, 0.1) is 0 Å². The third-order valence-electron chi connectivity index (χ3n) is 1.66. The van der Waals surface area contributed by atoms with Gasteiger partial charge in [-0.2, -0.15) is 0 Å². The number of rotatable bonds is 5. The van der Waals surface area contributed by atoms with Crippen LogP contribution in [0.25, 0.3) is 0 Å². The fourth-order valence-corrected chi connectivity index (χ4v) is 4.59. The van der Waals surface area contributed by atoms with E-state index in [0.717, 1.165) is 6.42 Å². The minimum absolute atomic E-state index is 0.312. The van der Waals surface area contributed by atoms with Gasteiger partial charge in [-0.05, 0) is 33.8 Å². The zero-order valence-electron chi connectivity index (χ0n) is 8.04. The topological polar surface area (TPSA) is 46.2 Å². The summed E-state index contributed by atoms with van der Waals surface area (Å²) in [6.07, 6.45) is 0.766. The van der Waals surface area contributed by atoms with Crippen molar-refractivity contribution in [2.45, 2.75) is 22.4 Å². The molecular weight excluding hydrogens is 366 g/mol. The van der Waals surface area contributed by atoms with Crippen molar-refractivity contribution in [1.82, 2.24) is 4.72 Å². The van der Waals surface area contributed by atoms with E-state index in [1.54, 1.807) is 11.4 Å². The van der Waals surface area contributed by atoms with Gasteiger partial charge in [-0.1, -0.05) is 22.9 Å². The maximum Gasteiger partial charge on any atom is 0.251 e. The monoisotopic (exact) mass is 375 g/mol. The first-order valence-corrected chi connectivity index (χ1v) is 8.37. The first kappa shape index (κ1) is 13.6. The van der Waals surface area contributed by atoms with Gasteiger partial charge in [0.25, 0.3) is 10.0 Å². The molecule has 0 bridgehead atoms. The average Bonchev–Trinajstić information content (AvgIpc) is 2.50. The summed E-state index contributed by atoms with van der Waals surface area (Å²) in [6.45, 7) is 2.43. The Labute approximate surface area is 111 Å². The lowest BCUT2D eigenvalue weighted by Gasteiger charge is -2.06. The van der Waals surface area contributed by atoms with Gasteiger partial charge in [-0.3, -0.25) is 0 Å². The fourth-order valence-electron chi connectivity index (χ4n) is 0.929. The second-order valence-corrected chi connectivity index (χ2v) is 8.32. The molecule has 1 N–H and O–H groups in total. The van der Waals surface area contributed by atoms with E-state index in [0.29, 0.717) is 20.1 Å². The van der Waals surface area contributed by atoms with Gasteiger partial charge in [-0.25, -0.2) is 13.1 Å². The van der Waals surface area contributed by atoms with E-state index in [9.17, 15) is 8.42 Å². The predicted octanol–water partition coefficient (Wildman–Crippen LogP) is 2.96. The minimum Gasteiger partial charge on any atom is -0.210 e. The molecule has 1 atom stereocenters. The van der Waals surface area contributed by atoms with Crippen molar-refractivity contribution >= 4 is 53.2 Å². The Morgan fingerprint density at radius 3 is 2.73 bits per heavy atom. The second kappa shape index (κ2) is 5.77. The van der Waals surface area contributed by atoms with Crippen LogP contribution in [0, 0.1) is 0 Å². The maximum atomic E-state index is 11.7. The van der Waals surface area contributed by atoms with Crippen LogP contribution in [0.3, 0.4) is 0 Å². The lowest BCUT2D eigenvalue weighted by Crippen LogP contribution is -2.25. The molecule has 0 radical (unpaired) electrons. The Morgan fingerprint density at radius 1 is 1.60 bits per heavy atom. The van der Waals surface area contributed by atoms with E-state index in [2.05, 4.69) is 36.6 Å². The fraction of sp³-hybridized carbons (Fsp3) is 0.500. The molecule has 0 spiro atoms. The van der Waals surface area contributed by atoms with Gasteiger partial charge in [0.15, 0.2) is 0 Å². The second-order valence-electron chi connectivity index (χ2n) is 3.02. The summed E-state index contributed by atoms with van der Waals surface area (Å²) >= 11 is 7.78. The van der Waals surface area contributed by atoms with E-state index in [1.165, 1.54) is 11.3 Å². The van der Waals surface area contributed by atoms with Crippen molar-refractivity contribution in [3.05, 3.63) is 15.9 Å². The molecule has 0 aliphatic carbocycles. The number of hydrogen-bond donors (Lipinski definition) is 1. The molecule has 1 heterocycles. The van der Waals surface area contributed by atoms with Crippen molar-refractivity contribution in [2.24, 2.45) is 0 Å². The quantitative estimate of drug-likeness (QED) is 0.803. The lowest BCUT2D eigenvalue weighted by molar-refractivity contribution is 0.581. The summed E-state index contributed by atoms with van der Waals surface area (Å²) in [5.74, 6) is 0. The first-order chi connectivity index (χ1) is 6.93. The Morgan fingerprint density at radius 2 is 2.27 bits per heavy atom. The molecule has 0 saturated heterocycles.